The molecule has 0 radical (unpaired) electrons. The van der Waals surface area contributed by atoms with E-state index in [-0.39, 0.29) is 11.7 Å². The molecule has 2 aromatic rings. The van der Waals surface area contributed by atoms with Gasteiger partial charge in [-0.1, -0.05) is 23.7 Å². The van der Waals surface area contributed by atoms with Crippen molar-refractivity contribution in [2.24, 2.45) is 0 Å². The van der Waals surface area contributed by atoms with E-state index in [2.05, 4.69) is 4.98 Å². The fourth-order valence-corrected chi connectivity index (χ4v) is 1.88. The summed E-state index contributed by atoms with van der Waals surface area (Å²) >= 11 is 5.82. The fourth-order valence-electron chi connectivity index (χ4n) is 1.67. The Kier molecular flexibility index (Phi) is 3.72. The summed E-state index contributed by atoms with van der Waals surface area (Å²) in [4.78, 5) is 13.8. The molecule has 3 nitrogen and oxygen atoms in total. The molecule has 0 aliphatic carbocycles. The van der Waals surface area contributed by atoms with E-state index in [9.17, 15) is 4.79 Å². The van der Waals surface area contributed by atoms with Gasteiger partial charge < -0.3 is 9.72 Å². The van der Waals surface area contributed by atoms with Gasteiger partial charge in [0.2, 0.25) is 5.56 Å². The first-order chi connectivity index (χ1) is 8.54. The van der Waals surface area contributed by atoms with Crippen LogP contribution in [0.5, 0.6) is 5.75 Å². The predicted molar refractivity (Wildman–Crippen MR) is 73.3 cm³/mol. The first-order valence-electron chi connectivity index (χ1n) is 5.71. The highest BCUT2D eigenvalue weighted by atomic mass is 35.5. The Bertz CT molecular complexity index is 587. The number of benzene rings is 1. The Morgan fingerprint density at radius 1 is 1.11 bits per heavy atom. The molecule has 0 saturated carbocycles. The normalized spacial score (nSPS) is 10.7. The third-order valence-electron chi connectivity index (χ3n) is 2.37. The molecule has 0 bridgehead atoms. The summed E-state index contributed by atoms with van der Waals surface area (Å²) in [5.74, 6) is 0.810. The van der Waals surface area contributed by atoms with Crippen LogP contribution in [0.2, 0.25) is 5.15 Å². The highest BCUT2D eigenvalue weighted by Gasteiger charge is 2.02. The first kappa shape index (κ1) is 12.7. The average Bonchev–Trinajstić information content (AvgIpc) is 2.27. The lowest BCUT2D eigenvalue weighted by Gasteiger charge is -2.10. The molecule has 0 aliphatic heterocycles. The third-order valence-corrected chi connectivity index (χ3v) is 2.57. The predicted octanol–water partition coefficient (Wildman–Crippen LogP) is 3.48. The fraction of sp³-hybridized carbons (Fsp3) is 0.214. The Morgan fingerprint density at radius 3 is 2.33 bits per heavy atom. The molecule has 0 fully saturated rings. The summed E-state index contributed by atoms with van der Waals surface area (Å²) in [6.07, 6.45) is 0.143. The van der Waals surface area contributed by atoms with Crippen LogP contribution in [-0.4, -0.2) is 11.1 Å². The van der Waals surface area contributed by atoms with Crippen LogP contribution in [-0.2, 0) is 0 Å². The number of pyridine rings is 1. The molecule has 1 aromatic heterocycles. The lowest BCUT2D eigenvalue weighted by atomic mass is 10.1. The molecule has 1 heterocycles. The Morgan fingerprint density at radius 2 is 1.78 bits per heavy atom. The second-order valence-electron chi connectivity index (χ2n) is 4.27. The number of rotatable bonds is 3. The van der Waals surface area contributed by atoms with Crippen LogP contribution in [0.3, 0.4) is 0 Å². The van der Waals surface area contributed by atoms with Crippen LogP contribution in [0, 0.1) is 0 Å². The number of hydrogen-bond donors (Lipinski definition) is 1. The molecular formula is C14H14ClNO2. The lowest BCUT2D eigenvalue weighted by molar-refractivity contribution is 0.242. The molecule has 94 valence electrons. The summed E-state index contributed by atoms with van der Waals surface area (Å²) in [5, 5.41) is 0.333. The average molecular weight is 264 g/mol. The van der Waals surface area contributed by atoms with Crippen molar-refractivity contribution in [3.63, 3.8) is 0 Å². The molecular weight excluding hydrogens is 250 g/mol. The molecule has 1 aromatic carbocycles. The van der Waals surface area contributed by atoms with Gasteiger partial charge in [0, 0.05) is 6.07 Å². The third kappa shape index (κ3) is 3.14. The maximum atomic E-state index is 11.3. The van der Waals surface area contributed by atoms with E-state index in [0.29, 0.717) is 5.15 Å². The first-order valence-corrected chi connectivity index (χ1v) is 6.09. The second kappa shape index (κ2) is 5.27. The summed E-state index contributed by atoms with van der Waals surface area (Å²) < 4.78 is 5.56. The Hall–Kier alpha value is -1.74. The molecule has 18 heavy (non-hydrogen) atoms. The molecule has 0 amide bonds. The van der Waals surface area contributed by atoms with Crippen molar-refractivity contribution in [1.29, 1.82) is 0 Å². The number of nitrogens with one attached hydrogen (secondary N) is 1. The molecule has 2 rings (SSSR count). The zero-order chi connectivity index (χ0) is 13.1. The van der Waals surface area contributed by atoms with Crippen LogP contribution < -0.4 is 10.3 Å². The van der Waals surface area contributed by atoms with Gasteiger partial charge in [0.25, 0.3) is 0 Å². The van der Waals surface area contributed by atoms with Crippen LogP contribution in [0.15, 0.2) is 41.2 Å². The van der Waals surface area contributed by atoms with Crippen molar-refractivity contribution >= 4 is 11.6 Å². The van der Waals surface area contributed by atoms with E-state index >= 15 is 0 Å². The zero-order valence-corrected chi connectivity index (χ0v) is 11.0. The quantitative estimate of drug-likeness (QED) is 0.862. The van der Waals surface area contributed by atoms with E-state index in [0.717, 1.165) is 16.9 Å². The minimum absolute atomic E-state index is 0.143. The molecule has 0 saturated heterocycles. The number of aromatic amines is 1. The van der Waals surface area contributed by atoms with E-state index < -0.39 is 0 Å². The molecule has 1 N–H and O–H groups in total. The van der Waals surface area contributed by atoms with Gasteiger partial charge in [-0.15, -0.1) is 0 Å². The zero-order valence-electron chi connectivity index (χ0n) is 10.2. The molecule has 0 spiro atoms. The lowest BCUT2D eigenvalue weighted by Crippen LogP contribution is -2.05. The van der Waals surface area contributed by atoms with Gasteiger partial charge in [-0.25, -0.2) is 0 Å². The van der Waals surface area contributed by atoms with Crippen molar-refractivity contribution in [2.75, 3.05) is 0 Å². The number of halogens is 1. The van der Waals surface area contributed by atoms with Gasteiger partial charge in [0.05, 0.1) is 6.10 Å². The minimum atomic E-state index is -0.208. The van der Waals surface area contributed by atoms with Gasteiger partial charge >= 0.3 is 0 Å². The summed E-state index contributed by atoms with van der Waals surface area (Å²) in [7, 11) is 0. The van der Waals surface area contributed by atoms with E-state index in [1.54, 1.807) is 6.07 Å². The Balaban J connectivity index is 2.31. The van der Waals surface area contributed by atoms with E-state index in [4.69, 9.17) is 16.3 Å². The molecule has 0 unspecified atom stereocenters. The minimum Gasteiger partial charge on any atom is -0.491 e. The number of H-pyrrole nitrogens is 1. The maximum Gasteiger partial charge on any atom is 0.249 e. The molecule has 0 atom stereocenters. The summed E-state index contributed by atoms with van der Waals surface area (Å²) in [5.41, 5.74) is 1.51. The van der Waals surface area contributed by atoms with Gasteiger partial charge in [-0.2, -0.15) is 0 Å². The van der Waals surface area contributed by atoms with E-state index in [1.807, 2.05) is 38.1 Å². The highest BCUT2D eigenvalue weighted by molar-refractivity contribution is 6.29. The van der Waals surface area contributed by atoms with Crippen LogP contribution >= 0.6 is 11.6 Å². The smallest absolute Gasteiger partial charge is 0.249 e. The van der Waals surface area contributed by atoms with Gasteiger partial charge in [0.1, 0.15) is 10.9 Å². The maximum absolute atomic E-state index is 11.3. The largest absolute Gasteiger partial charge is 0.491 e. The van der Waals surface area contributed by atoms with Gasteiger partial charge in [-0.05, 0) is 43.2 Å². The van der Waals surface area contributed by atoms with Crippen molar-refractivity contribution < 1.29 is 4.74 Å². The number of aromatic nitrogens is 1. The van der Waals surface area contributed by atoms with Gasteiger partial charge in [0.15, 0.2) is 0 Å². The molecule has 4 heteroatoms. The molecule has 0 aliphatic rings. The summed E-state index contributed by atoms with van der Waals surface area (Å²) in [6, 6.07) is 10.8. The number of hydrogen-bond acceptors (Lipinski definition) is 2. The van der Waals surface area contributed by atoms with Crippen LogP contribution in [0.1, 0.15) is 13.8 Å². The van der Waals surface area contributed by atoms with Crippen LogP contribution in [0.4, 0.5) is 0 Å². The SMILES string of the molecule is CC(C)Oc1ccc(-c2cc(Cl)[nH]c(=O)c2)cc1. The highest BCUT2D eigenvalue weighted by Crippen LogP contribution is 2.23. The van der Waals surface area contributed by atoms with Gasteiger partial charge in [-0.3, -0.25) is 4.79 Å². The van der Waals surface area contributed by atoms with Crippen molar-refractivity contribution in [3.05, 3.63) is 51.9 Å². The summed E-state index contributed by atoms with van der Waals surface area (Å²) in [6.45, 7) is 3.95. The Labute approximate surface area is 110 Å². The standard InChI is InChI=1S/C14H14ClNO2/c1-9(2)18-12-5-3-10(4-6-12)11-7-13(15)16-14(17)8-11/h3-9H,1-2H3,(H,16,17). The second-order valence-corrected chi connectivity index (χ2v) is 4.68. The topological polar surface area (TPSA) is 42.1 Å². The van der Waals surface area contributed by atoms with E-state index in [1.165, 1.54) is 6.07 Å². The van der Waals surface area contributed by atoms with Crippen molar-refractivity contribution in [2.45, 2.75) is 20.0 Å². The monoisotopic (exact) mass is 263 g/mol. The van der Waals surface area contributed by atoms with Crippen LogP contribution in [0.25, 0.3) is 11.1 Å². The number of ether oxygens (including phenoxy) is 1. The van der Waals surface area contributed by atoms with Crippen molar-refractivity contribution in [3.8, 4) is 16.9 Å². The van der Waals surface area contributed by atoms with Crippen molar-refractivity contribution in [1.82, 2.24) is 4.98 Å².